The summed E-state index contributed by atoms with van der Waals surface area (Å²) in [4.78, 5) is 0. The lowest BCUT2D eigenvalue weighted by atomic mass is 10.3. The minimum absolute atomic E-state index is 0.461. The van der Waals surface area contributed by atoms with Gasteiger partial charge in [-0.15, -0.1) is 0 Å². The number of rotatable bonds is 7. The van der Waals surface area contributed by atoms with Crippen LogP contribution in [0.1, 0.15) is 27.2 Å². The summed E-state index contributed by atoms with van der Waals surface area (Å²) in [6.45, 7) is 8.04. The lowest BCUT2D eigenvalue weighted by Gasteiger charge is -2.18. The standard InChI is InChI=1S/C9H22N2O2S/c1-5-11(14(4,12)13)8-6-7-10-9(2)3/h9-10H,5-8H2,1-4H3. The van der Waals surface area contributed by atoms with E-state index in [9.17, 15) is 8.42 Å². The van der Waals surface area contributed by atoms with Gasteiger partial charge in [0, 0.05) is 19.1 Å². The van der Waals surface area contributed by atoms with Crippen LogP contribution in [0.25, 0.3) is 0 Å². The van der Waals surface area contributed by atoms with Gasteiger partial charge in [0.2, 0.25) is 10.0 Å². The monoisotopic (exact) mass is 222 g/mol. The van der Waals surface area contributed by atoms with E-state index in [0.29, 0.717) is 19.1 Å². The SMILES string of the molecule is CCN(CCCNC(C)C)S(C)(=O)=O. The summed E-state index contributed by atoms with van der Waals surface area (Å²) in [5.41, 5.74) is 0. The largest absolute Gasteiger partial charge is 0.314 e. The van der Waals surface area contributed by atoms with E-state index in [1.807, 2.05) is 6.92 Å². The predicted molar refractivity (Wildman–Crippen MR) is 59.8 cm³/mol. The molecule has 0 unspecified atom stereocenters. The van der Waals surface area contributed by atoms with Gasteiger partial charge in [0.1, 0.15) is 0 Å². The Morgan fingerprint density at radius 1 is 1.36 bits per heavy atom. The molecule has 0 rings (SSSR count). The number of nitrogens with one attached hydrogen (secondary N) is 1. The molecule has 0 aromatic rings. The molecule has 0 aliphatic carbocycles. The Bertz CT molecular complexity index is 237. The van der Waals surface area contributed by atoms with Crippen LogP contribution in [0, 0.1) is 0 Å². The van der Waals surface area contributed by atoms with Gasteiger partial charge in [-0.1, -0.05) is 20.8 Å². The summed E-state index contributed by atoms with van der Waals surface area (Å²) in [5.74, 6) is 0. The van der Waals surface area contributed by atoms with Crippen molar-refractivity contribution in [2.24, 2.45) is 0 Å². The number of hydrogen-bond donors (Lipinski definition) is 1. The third-order valence-electron chi connectivity index (χ3n) is 1.96. The summed E-state index contributed by atoms with van der Waals surface area (Å²) < 4.78 is 23.9. The van der Waals surface area contributed by atoms with E-state index < -0.39 is 10.0 Å². The third kappa shape index (κ3) is 6.34. The average molecular weight is 222 g/mol. The van der Waals surface area contributed by atoms with Gasteiger partial charge in [0.25, 0.3) is 0 Å². The van der Waals surface area contributed by atoms with Crippen LogP contribution < -0.4 is 5.32 Å². The molecule has 86 valence electrons. The normalized spacial score (nSPS) is 12.7. The molecule has 0 spiro atoms. The first-order valence-corrected chi connectivity index (χ1v) is 6.91. The average Bonchev–Trinajstić information content (AvgIpc) is 2.01. The Morgan fingerprint density at radius 2 is 1.93 bits per heavy atom. The van der Waals surface area contributed by atoms with Crippen molar-refractivity contribution in [2.75, 3.05) is 25.9 Å². The molecule has 0 bridgehead atoms. The van der Waals surface area contributed by atoms with Crippen molar-refractivity contribution in [1.82, 2.24) is 9.62 Å². The maximum atomic E-state index is 11.2. The molecule has 0 aromatic carbocycles. The summed E-state index contributed by atoms with van der Waals surface area (Å²) in [6, 6.07) is 0.461. The predicted octanol–water partition coefficient (Wildman–Crippen LogP) is 0.656. The smallest absolute Gasteiger partial charge is 0.211 e. The first-order valence-electron chi connectivity index (χ1n) is 5.06. The van der Waals surface area contributed by atoms with Crippen molar-refractivity contribution in [3.05, 3.63) is 0 Å². The summed E-state index contributed by atoms with van der Waals surface area (Å²) in [6.07, 6.45) is 2.12. The third-order valence-corrected chi connectivity index (χ3v) is 3.34. The number of nitrogens with zero attached hydrogens (tertiary/aromatic N) is 1. The quantitative estimate of drug-likeness (QED) is 0.644. The highest BCUT2D eigenvalue weighted by atomic mass is 32.2. The molecule has 14 heavy (non-hydrogen) atoms. The number of sulfonamides is 1. The zero-order chi connectivity index (χ0) is 11.2. The van der Waals surface area contributed by atoms with Gasteiger partial charge in [-0.05, 0) is 13.0 Å². The highest BCUT2D eigenvalue weighted by Gasteiger charge is 2.12. The van der Waals surface area contributed by atoms with E-state index in [2.05, 4.69) is 19.2 Å². The Balaban J connectivity index is 3.76. The Morgan fingerprint density at radius 3 is 2.29 bits per heavy atom. The van der Waals surface area contributed by atoms with E-state index in [1.165, 1.54) is 10.6 Å². The van der Waals surface area contributed by atoms with Crippen molar-refractivity contribution < 1.29 is 8.42 Å². The van der Waals surface area contributed by atoms with E-state index in [0.717, 1.165) is 13.0 Å². The van der Waals surface area contributed by atoms with Crippen molar-refractivity contribution in [3.8, 4) is 0 Å². The van der Waals surface area contributed by atoms with Crippen molar-refractivity contribution >= 4 is 10.0 Å². The molecule has 0 aliphatic heterocycles. The molecule has 0 heterocycles. The minimum Gasteiger partial charge on any atom is -0.314 e. The van der Waals surface area contributed by atoms with Crippen LogP contribution in [0.4, 0.5) is 0 Å². The van der Waals surface area contributed by atoms with Gasteiger partial charge in [-0.25, -0.2) is 12.7 Å². The number of hydrogen-bond acceptors (Lipinski definition) is 3. The van der Waals surface area contributed by atoms with Gasteiger partial charge in [-0.2, -0.15) is 0 Å². The van der Waals surface area contributed by atoms with Crippen molar-refractivity contribution in [1.29, 1.82) is 0 Å². The van der Waals surface area contributed by atoms with Gasteiger partial charge in [0.05, 0.1) is 6.26 Å². The topological polar surface area (TPSA) is 49.4 Å². The van der Waals surface area contributed by atoms with Gasteiger partial charge >= 0.3 is 0 Å². The molecule has 0 aromatic heterocycles. The molecule has 4 nitrogen and oxygen atoms in total. The zero-order valence-electron chi connectivity index (χ0n) is 9.58. The second-order valence-electron chi connectivity index (χ2n) is 3.72. The molecule has 0 radical (unpaired) electrons. The molecule has 0 aliphatic rings. The van der Waals surface area contributed by atoms with E-state index >= 15 is 0 Å². The summed E-state index contributed by atoms with van der Waals surface area (Å²) in [7, 11) is -3.01. The van der Waals surface area contributed by atoms with Crippen LogP contribution in [-0.4, -0.2) is 44.7 Å². The maximum absolute atomic E-state index is 11.2. The molecular formula is C9H22N2O2S. The van der Waals surface area contributed by atoms with Gasteiger partial charge in [0.15, 0.2) is 0 Å². The highest BCUT2D eigenvalue weighted by molar-refractivity contribution is 7.88. The van der Waals surface area contributed by atoms with E-state index in [1.54, 1.807) is 0 Å². The van der Waals surface area contributed by atoms with Crippen LogP contribution in [0.3, 0.4) is 0 Å². The van der Waals surface area contributed by atoms with E-state index in [4.69, 9.17) is 0 Å². The Hall–Kier alpha value is -0.130. The van der Waals surface area contributed by atoms with Crippen LogP contribution in [0.2, 0.25) is 0 Å². The van der Waals surface area contributed by atoms with Crippen molar-refractivity contribution in [3.63, 3.8) is 0 Å². The summed E-state index contributed by atoms with van der Waals surface area (Å²) in [5, 5.41) is 3.25. The van der Waals surface area contributed by atoms with Crippen LogP contribution in [-0.2, 0) is 10.0 Å². The zero-order valence-corrected chi connectivity index (χ0v) is 10.4. The van der Waals surface area contributed by atoms with Gasteiger partial charge < -0.3 is 5.32 Å². The fourth-order valence-corrected chi connectivity index (χ4v) is 2.13. The molecule has 5 heteroatoms. The second-order valence-corrected chi connectivity index (χ2v) is 5.70. The van der Waals surface area contributed by atoms with Crippen LogP contribution >= 0.6 is 0 Å². The first-order chi connectivity index (χ1) is 6.38. The molecule has 0 saturated carbocycles. The molecule has 0 fully saturated rings. The molecule has 0 atom stereocenters. The highest BCUT2D eigenvalue weighted by Crippen LogP contribution is 1.98. The molecule has 0 amide bonds. The fraction of sp³-hybridized carbons (Fsp3) is 1.00. The second kappa shape index (κ2) is 6.37. The van der Waals surface area contributed by atoms with Gasteiger partial charge in [-0.3, -0.25) is 0 Å². The molecule has 0 saturated heterocycles. The lowest BCUT2D eigenvalue weighted by Crippen LogP contribution is -2.33. The molecule has 1 N–H and O–H groups in total. The Labute approximate surface area is 87.7 Å². The lowest BCUT2D eigenvalue weighted by molar-refractivity contribution is 0.415. The minimum atomic E-state index is -3.01. The van der Waals surface area contributed by atoms with Crippen LogP contribution in [0.5, 0.6) is 0 Å². The van der Waals surface area contributed by atoms with Crippen LogP contribution in [0.15, 0.2) is 0 Å². The van der Waals surface area contributed by atoms with E-state index in [-0.39, 0.29) is 0 Å². The van der Waals surface area contributed by atoms with Crippen molar-refractivity contribution in [2.45, 2.75) is 33.2 Å². The summed E-state index contributed by atoms with van der Waals surface area (Å²) >= 11 is 0. The maximum Gasteiger partial charge on any atom is 0.211 e. The molecular weight excluding hydrogens is 200 g/mol. The fourth-order valence-electron chi connectivity index (χ4n) is 1.20. The first kappa shape index (κ1) is 13.9. The Kier molecular flexibility index (Phi) is 6.31.